The summed E-state index contributed by atoms with van der Waals surface area (Å²) in [5.41, 5.74) is 0.522. The number of nitrogens with zero attached hydrogens (tertiary/aromatic N) is 1. The summed E-state index contributed by atoms with van der Waals surface area (Å²) in [6.07, 6.45) is 0.0716. The number of halogens is 2. The highest BCUT2D eigenvalue weighted by atomic mass is 32.2. The fourth-order valence-corrected chi connectivity index (χ4v) is 4.20. The summed E-state index contributed by atoms with van der Waals surface area (Å²) in [7, 11) is -3.89. The molecule has 120 valence electrons. The van der Waals surface area contributed by atoms with E-state index in [1.807, 2.05) is 0 Å². The van der Waals surface area contributed by atoms with Crippen LogP contribution in [0, 0.1) is 11.6 Å². The molecule has 0 atom stereocenters. The Morgan fingerprint density at radius 2 is 1.83 bits per heavy atom. The summed E-state index contributed by atoms with van der Waals surface area (Å²) in [4.78, 5) is 11.9. The van der Waals surface area contributed by atoms with Crippen LogP contribution in [0.4, 0.5) is 14.5 Å². The van der Waals surface area contributed by atoms with Crippen molar-refractivity contribution < 1.29 is 22.0 Å². The third-order valence-electron chi connectivity index (χ3n) is 3.70. The Kier molecular flexibility index (Phi) is 3.89. The highest BCUT2D eigenvalue weighted by Gasteiger charge is 2.31. The lowest BCUT2D eigenvalue weighted by molar-refractivity contribution is 0.0982. The van der Waals surface area contributed by atoms with Gasteiger partial charge in [0.05, 0.1) is 11.4 Å². The van der Waals surface area contributed by atoms with E-state index in [1.54, 1.807) is 24.3 Å². The molecule has 0 aromatic heterocycles. The van der Waals surface area contributed by atoms with E-state index in [-0.39, 0.29) is 24.3 Å². The molecule has 0 N–H and O–H groups in total. The molecule has 1 aliphatic heterocycles. The van der Waals surface area contributed by atoms with Crippen LogP contribution in [0.2, 0.25) is 0 Å². The second kappa shape index (κ2) is 5.73. The maximum atomic E-state index is 13.7. The lowest BCUT2D eigenvalue weighted by Gasteiger charge is -2.29. The molecular weight excluding hydrogens is 324 g/mol. The monoisotopic (exact) mass is 337 g/mol. The van der Waals surface area contributed by atoms with Crippen LogP contribution >= 0.6 is 0 Å². The predicted octanol–water partition coefficient (Wildman–Crippen LogP) is 2.89. The lowest BCUT2D eigenvalue weighted by Crippen LogP contribution is -2.38. The van der Waals surface area contributed by atoms with Gasteiger partial charge in [-0.2, -0.15) is 0 Å². The van der Waals surface area contributed by atoms with Gasteiger partial charge in [-0.25, -0.2) is 17.2 Å². The summed E-state index contributed by atoms with van der Waals surface area (Å²) in [6, 6.07) is 9.19. The van der Waals surface area contributed by atoms with Gasteiger partial charge in [0.15, 0.2) is 5.78 Å². The minimum absolute atomic E-state index is 0.0149. The molecule has 0 aliphatic carbocycles. The summed E-state index contributed by atoms with van der Waals surface area (Å²) in [5, 5.41) is 0. The molecule has 0 saturated heterocycles. The molecule has 2 aromatic carbocycles. The molecule has 2 aromatic rings. The van der Waals surface area contributed by atoms with Crippen LogP contribution in [-0.2, 0) is 15.8 Å². The van der Waals surface area contributed by atoms with Gasteiger partial charge >= 0.3 is 0 Å². The predicted molar refractivity (Wildman–Crippen MR) is 81.7 cm³/mol. The normalized spacial score (nSPS) is 14.7. The van der Waals surface area contributed by atoms with Crippen LogP contribution in [0.5, 0.6) is 0 Å². The number of para-hydroxylation sites is 1. The van der Waals surface area contributed by atoms with E-state index in [9.17, 15) is 22.0 Å². The van der Waals surface area contributed by atoms with Gasteiger partial charge in [-0.15, -0.1) is 0 Å². The van der Waals surface area contributed by atoms with Gasteiger partial charge in [0, 0.05) is 30.2 Å². The molecule has 7 heteroatoms. The van der Waals surface area contributed by atoms with Crippen LogP contribution in [0.25, 0.3) is 0 Å². The van der Waals surface area contributed by atoms with Gasteiger partial charge < -0.3 is 0 Å². The second-order valence-electron chi connectivity index (χ2n) is 5.25. The summed E-state index contributed by atoms with van der Waals surface area (Å²) in [5.74, 6) is -2.39. The van der Waals surface area contributed by atoms with Gasteiger partial charge in [-0.3, -0.25) is 9.10 Å². The largest absolute Gasteiger partial charge is 0.294 e. The number of fused-ring (bicyclic) bond motifs is 1. The molecule has 0 spiro atoms. The standard InChI is InChI=1S/C16H13F2NO3S/c17-12-6-5-11(14(18)9-12)10-23(21,22)19-8-7-16(20)13-3-1-2-4-15(13)19/h1-6,9H,7-8,10H2. The van der Waals surface area contributed by atoms with E-state index in [4.69, 9.17) is 0 Å². The van der Waals surface area contributed by atoms with Gasteiger partial charge in [0.2, 0.25) is 10.0 Å². The maximum absolute atomic E-state index is 13.7. The quantitative estimate of drug-likeness (QED) is 0.865. The number of carbonyl (C=O) groups excluding carboxylic acids is 1. The molecule has 0 radical (unpaired) electrons. The van der Waals surface area contributed by atoms with E-state index >= 15 is 0 Å². The Hall–Kier alpha value is -2.28. The van der Waals surface area contributed by atoms with Crippen molar-refractivity contribution in [2.45, 2.75) is 12.2 Å². The van der Waals surface area contributed by atoms with E-state index < -0.39 is 27.4 Å². The SMILES string of the molecule is O=C1CCN(S(=O)(=O)Cc2ccc(F)cc2F)c2ccccc21. The first-order valence-corrected chi connectivity index (χ1v) is 8.56. The Bertz CT molecular complexity index is 881. The fourth-order valence-electron chi connectivity index (χ4n) is 2.59. The number of sulfonamides is 1. The Balaban J connectivity index is 1.97. The molecule has 1 heterocycles. The summed E-state index contributed by atoms with van der Waals surface area (Å²) < 4.78 is 53.0. The van der Waals surface area contributed by atoms with Crippen molar-refractivity contribution in [2.24, 2.45) is 0 Å². The minimum Gasteiger partial charge on any atom is -0.294 e. The Morgan fingerprint density at radius 1 is 1.09 bits per heavy atom. The maximum Gasteiger partial charge on any atom is 0.239 e. The lowest BCUT2D eigenvalue weighted by atomic mass is 10.0. The molecule has 1 aliphatic rings. The zero-order chi connectivity index (χ0) is 16.6. The zero-order valence-corrected chi connectivity index (χ0v) is 12.8. The van der Waals surface area contributed by atoms with Crippen molar-refractivity contribution in [1.29, 1.82) is 0 Å². The van der Waals surface area contributed by atoms with Crippen molar-refractivity contribution in [3.05, 3.63) is 65.2 Å². The van der Waals surface area contributed by atoms with Crippen LogP contribution in [-0.4, -0.2) is 20.7 Å². The number of hydrogen-bond donors (Lipinski definition) is 0. The minimum atomic E-state index is -3.89. The molecule has 4 nitrogen and oxygen atoms in total. The highest BCUT2D eigenvalue weighted by Crippen LogP contribution is 2.30. The number of ketones is 1. The molecule has 0 bridgehead atoms. The third kappa shape index (κ3) is 2.96. The molecule has 3 rings (SSSR count). The van der Waals surface area contributed by atoms with Crippen molar-refractivity contribution in [1.82, 2.24) is 0 Å². The van der Waals surface area contributed by atoms with Crippen molar-refractivity contribution >= 4 is 21.5 Å². The van der Waals surface area contributed by atoms with Gasteiger partial charge in [0.25, 0.3) is 0 Å². The Morgan fingerprint density at radius 3 is 2.57 bits per heavy atom. The first kappa shape index (κ1) is 15.6. The van der Waals surface area contributed by atoms with E-state index in [2.05, 4.69) is 0 Å². The number of hydrogen-bond acceptors (Lipinski definition) is 3. The highest BCUT2D eigenvalue weighted by molar-refractivity contribution is 7.92. The number of carbonyl (C=O) groups is 1. The zero-order valence-electron chi connectivity index (χ0n) is 12.0. The Labute approximate surface area is 132 Å². The number of benzene rings is 2. The third-order valence-corrected chi connectivity index (χ3v) is 5.43. The first-order valence-electron chi connectivity index (χ1n) is 6.95. The summed E-state index contributed by atoms with van der Waals surface area (Å²) >= 11 is 0. The van der Waals surface area contributed by atoms with Gasteiger partial charge in [-0.1, -0.05) is 18.2 Å². The van der Waals surface area contributed by atoms with E-state index in [0.717, 1.165) is 16.4 Å². The van der Waals surface area contributed by atoms with Gasteiger partial charge in [-0.05, 0) is 18.2 Å². The second-order valence-corrected chi connectivity index (χ2v) is 7.15. The fraction of sp³-hybridized carbons (Fsp3) is 0.188. The summed E-state index contributed by atoms with van der Waals surface area (Å²) in [6.45, 7) is 0.0149. The van der Waals surface area contributed by atoms with Crippen molar-refractivity contribution in [3.63, 3.8) is 0 Å². The molecule has 23 heavy (non-hydrogen) atoms. The van der Waals surface area contributed by atoms with Crippen LogP contribution < -0.4 is 4.31 Å². The molecule has 0 unspecified atom stereocenters. The topological polar surface area (TPSA) is 54.5 Å². The average Bonchev–Trinajstić information content (AvgIpc) is 2.50. The van der Waals surface area contributed by atoms with Crippen LogP contribution in [0.15, 0.2) is 42.5 Å². The van der Waals surface area contributed by atoms with E-state index in [1.165, 1.54) is 0 Å². The first-order chi connectivity index (χ1) is 10.9. The average molecular weight is 337 g/mol. The van der Waals surface area contributed by atoms with Gasteiger partial charge in [0.1, 0.15) is 11.6 Å². The smallest absolute Gasteiger partial charge is 0.239 e. The molecular formula is C16H13F2NO3S. The van der Waals surface area contributed by atoms with Crippen molar-refractivity contribution in [3.8, 4) is 0 Å². The molecule has 0 saturated carbocycles. The number of Topliss-reactive ketones (excluding diaryl/α,β-unsaturated/α-hetero) is 1. The van der Waals surface area contributed by atoms with E-state index in [0.29, 0.717) is 17.3 Å². The molecule has 0 fully saturated rings. The van der Waals surface area contributed by atoms with Crippen LogP contribution in [0.1, 0.15) is 22.3 Å². The van der Waals surface area contributed by atoms with Crippen LogP contribution in [0.3, 0.4) is 0 Å². The number of rotatable bonds is 3. The molecule has 0 amide bonds. The van der Waals surface area contributed by atoms with Crippen molar-refractivity contribution in [2.75, 3.05) is 10.8 Å². The number of anilines is 1.